The molecule has 0 unspecified atom stereocenters. The number of rotatable bonds is 4. The van der Waals surface area contributed by atoms with Gasteiger partial charge in [-0.05, 0) is 37.8 Å². The van der Waals surface area contributed by atoms with Crippen LogP contribution in [-0.4, -0.2) is 70.5 Å². The molecule has 2 aromatic rings. The molecule has 7 nitrogen and oxygen atoms in total. The molecule has 8 heteroatoms. The Morgan fingerprint density at radius 3 is 2.65 bits per heavy atom. The number of carbonyl (C=O) groups is 1. The predicted molar refractivity (Wildman–Crippen MR) is 123 cm³/mol. The Hall–Kier alpha value is -2.09. The van der Waals surface area contributed by atoms with Crippen molar-refractivity contribution in [2.45, 2.75) is 51.6 Å². The summed E-state index contributed by atoms with van der Waals surface area (Å²) in [5, 5.41) is 8.28. The monoisotopic (exact) mass is 445 g/mol. The van der Waals surface area contributed by atoms with Crippen molar-refractivity contribution in [1.29, 1.82) is 0 Å². The second-order valence-corrected chi connectivity index (χ2v) is 9.18. The van der Waals surface area contributed by atoms with Crippen molar-refractivity contribution in [2.24, 2.45) is 0 Å². The molecule has 0 saturated carbocycles. The summed E-state index contributed by atoms with van der Waals surface area (Å²) in [6.07, 6.45) is 3.88. The van der Waals surface area contributed by atoms with E-state index in [4.69, 9.17) is 16.3 Å². The van der Waals surface area contributed by atoms with Gasteiger partial charge >= 0.3 is 6.03 Å². The third-order valence-electron chi connectivity index (χ3n) is 6.30. The quantitative estimate of drug-likeness (QED) is 0.759. The average molecular weight is 446 g/mol. The van der Waals surface area contributed by atoms with Crippen LogP contribution >= 0.6 is 11.6 Å². The third-order valence-corrected chi connectivity index (χ3v) is 6.62. The lowest BCUT2D eigenvalue weighted by atomic mass is 10.0. The van der Waals surface area contributed by atoms with E-state index in [9.17, 15) is 4.79 Å². The van der Waals surface area contributed by atoms with E-state index in [0.29, 0.717) is 11.1 Å². The minimum Gasteiger partial charge on any atom is -0.381 e. The molecule has 2 amide bonds. The van der Waals surface area contributed by atoms with E-state index in [1.54, 1.807) is 6.20 Å². The summed E-state index contributed by atoms with van der Waals surface area (Å²) in [5.74, 6) is 0.164. The van der Waals surface area contributed by atoms with Gasteiger partial charge in [0.15, 0.2) is 0 Å². The van der Waals surface area contributed by atoms with Crippen LogP contribution in [0.5, 0.6) is 0 Å². The number of carbonyl (C=O) groups excluding carboxylic acids is 1. The standard InChI is InChI=1S/C23H32ClN5O2/c1-16(2)22-20(14-25-29(22)21-7-5-4-6-19(21)24)26-23(30)28-11-10-27(15-17(28)3)18-8-12-31-13-9-18/h4-7,14,16-18H,8-13,15H2,1-3H3,(H,26,30)/t17-/m0/s1. The minimum atomic E-state index is -0.0697. The maximum atomic E-state index is 13.2. The first-order valence-electron chi connectivity index (χ1n) is 11.2. The Bertz CT molecular complexity index is 909. The Balaban J connectivity index is 1.47. The Kier molecular flexibility index (Phi) is 6.84. The Morgan fingerprint density at radius 2 is 1.97 bits per heavy atom. The fourth-order valence-electron chi connectivity index (χ4n) is 4.68. The van der Waals surface area contributed by atoms with E-state index in [-0.39, 0.29) is 18.0 Å². The second kappa shape index (κ2) is 9.59. The van der Waals surface area contributed by atoms with Gasteiger partial charge in [0, 0.05) is 44.9 Å². The zero-order valence-electron chi connectivity index (χ0n) is 18.6. The van der Waals surface area contributed by atoms with Crippen molar-refractivity contribution in [3.63, 3.8) is 0 Å². The van der Waals surface area contributed by atoms with Gasteiger partial charge in [-0.15, -0.1) is 0 Å². The number of nitrogens with zero attached hydrogens (tertiary/aromatic N) is 4. The fourth-order valence-corrected chi connectivity index (χ4v) is 4.90. The van der Waals surface area contributed by atoms with E-state index in [0.717, 1.165) is 62.8 Å². The van der Waals surface area contributed by atoms with Crippen LogP contribution in [-0.2, 0) is 4.74 Å². The number of para-hydroxylation sites is 1. The van der Waals surface area contributed by atoms with Crippen LogP contribution in [0.1, 0.15) is 45.2 Å². The summed E-state index contributed by atoms with van der Waals surface area (Å²) < 4.78 is 7.33. The summed E-state index contributed by atoms with van der Waals surface area (Å²) in [4.78, 5) is 17.6. The van der Waals surface area contributed by atoms with Crippen molar-refractivity contribution >= 4 is 23.3 Å². The van der Waals surface area contributed by atoms with Crippen LogP contribution in [0.3, 0.4) is 0 Å². The first-order valence-corrected chi connectivity index (χ1v) is 11.6. The highest BCUT2D eigenvalue weighted by molar-refractivity contribution is 6.32. The van der Waals surface area contributed by atoms with Gasteiger partial charge in [0.1, 0.15) is 0 Å². The number of hydrogen-bond donors (Lipinski definition) is 1. The van der Waals surface area contributed by atoms with E-state index in [1.165, 1.54) is 0 Å². The molecular formula is C23H32ClN5O2. The van der Waals surface area contributed by atoms with E-state index in [1.807, 2.05) is 33.8 Å². The van der Waals surface area contributed by atoms with E-state index in [2.05, 4.69) is 36.1 Å². The molecule has 2 aliphatic rings. The van der Waals surface area contributed by atoms with Crippen molar-refractivity contribution < 1.29 is 9.53 Å². The number of aromatic nitrogens is 2. The number of hydrogen-bond acceptors (Lipinski definition) is 4. The highest BCUT2D eigenvalue weighted by Gasteiger charge is 2.32. The molecule has 1 aromatic heterocycles. The molecule has 2 saturated heterocycles. The maximum Gasteiger partial charge on any atom is 0.322 e. The van der Waals surface area contributed by atoms with E-state index < -0.39 is 0 Å². The average Bonchev–Trinajstić information content (AvgIpc) is 3.18. The molecule has 0 aliphatic carbocycles. The number of halogens is 1. The lowest BCUT2D eigenvalue weighted by Gasteiger charge is -2.44. The summed E-state index contributed by atoms with van der Waals surface area (Å²) >= 11 is 6.40. The minimum absolute atomic E-state index is 0.0697. The van der Waals surface area contributed by atoms with Crippen molar-refractivity contribution in [1.82, 2.24) is 19.6 Å². The smallest absolute Gasteiger partial charge is 0.322 e. The Labute approximate surface area is 189 Å². The molecule has 3 heterocycles. The SMILES string of the molecule is CC(C)c1c(NC(=O)N2CCN(C3CCOCC3)C[C@@H]2C)cnn1-c1ccccc1Cl. The summed E-state index contributed by atoms with van der Waals surface area (Å²) in [5.41, 5.74) is 2.49. The maximum absolute atomic E-state index is 13.2. The molecule has 0 spiro atoms. The topological polar surface area (TPSA) is 62.6 Å². The molecule has 31 heavy (non-hydrogen) atoms. The van der Waals surface area contributed by atoms with Crippen LogP contribution in [0.4, 0.5) is 10.5 Å². The summed E-state index contributed by atoms with van der Waals surface area (Å²) in [6.45, 7) is 10.5. The molecule has 168 valence electrons. The molecule has 0 bridgehead atoms. The first kappa shape index (κ1) is 22.1. The molecule has 1 N–H and O–H groups in total. The number of amides is 2. The van der Waals surface area contributed by atoms with Gasteiger partial charge in [-0.1, -0.05) is 37.6 Å². The van der Waals surface area contributed by atoms with Crippen LogP contribution < -0.4 is 5.32 Å². The molecule has 2 fully saturated rings. The number of urea groups is 1. The third kappa shape index (κ3) is 4.73. The van der Waals surface area contributed by atoms with Gasteiger partial charge < -0.3 is 15.0 Å². The van der Waals surface area contributed by atoms with Gasteiger partial charge in [-0.2, -0.15) is 5.10 Å². The summed E-state index contributed by atoms with van der Waals surface area (Å²) in [6, 6.07) is 8.27. The van der Waals surface area contributed by atoms with Gasteiger partial charge in [0.25, 0.3) is 0 Å². The zero-order chi connectivity index (χ0) is 22.0. The van der Waals surface area contributed by atoms with Gasteiger partial charge in [0.05, 0.1) is 28.3 Å². The van der Waals surface area contributed by atoms with Crippen LogP contribution in [0.2, 0.25) is 5.02 Å². The number of ether oxygens (including phenoxy) is 1. The lowest BCUT2D eigenvalue weighted by Crippen LogP contribution is -2.58. The molecular weight excluding hydrogens is 414 g/mol. The zero-order valence-corrected chi connectivity index (χ0v) is 19.3. The largest absolute Gasteiger partial charge is 0.381 e. The first-order chi connectivity index (χ1) is 15.0. The number of anilines is 1. The van der Waals surface area contributed by atoms with Crippen LogP contribution in [0.25, 0.3) is 5.69 Å². The van der Waals surface area contributed by atoms with Crippen molar-refractivity contribution in [3.8, 4) is 5.69 Å². The van der Waals surface area contributed by atoms with Crippen molar-refractivity contribution in [3.05, 3.63) is 41.2 Å². The molecule has 4 rings (SSSR count). The fraction of sp³-hybridized carbons (Fsp3) is 0.565. The van der Waals surface area contributed by atoms with E-state index >= 15 is 0 Å². The van der Waals surface area contributed by atoms with Gasteiger partial charge in [-0.25, -0.2) is 9.48 Å². The molecule has 2 aliphatic heterocycles. The van der Waals surface area contributed by atoms with Gasteiger partial charge in [-0.3, -0.25) is 4.90 Å². The van der Waals surface area contributed by atoms with Gasteiger partial charge in [0.2, 0.25) is 0 Å². The molecule has 1 aromatic carbocycles. The number of benzene rings is 1. The highest BCUT2D eigenvalue weighted by atomic mass is 35.5. The molecule has 0 radical (unpaired) electrons. The summed E-state index contributed by atoms with van der Waals surface area (Å²) in [7, 11) is 0. The Morgan fingerprint density at radius 1 is 1.23 bits per heavy atom. The van der Waals surface area contributed by atoms with Crippen LogP contribution in [0.15, 0.2) is 30.5 Å². The number of nitrogens with one attached hydrogen (secondary N) is 1. The number of piperazine rings is 1. The van der Waals surface area contributed by atoms with Crippen LogP contribution in [0, 0.1) is 0 Å². The highest BCUT2D eigenvalue weighted by Crippen LogP contribution is 2.30. The van der Waals surface area contributed by atoms with Crippen molar-refractivity contribution in [2.75, 3.05) is 38.2 Å². The predicted octanol–water partition coefficient (Wildman–Crippen LogP) is 4.37. The second-order valence-electron chi connectivity index (χ2n) is 8.77. The normalized spacial score (nSPS) is 20.9. The molecule has 1 atom stereocenters. The lowest BCUT2D eigenvalue weighted by molar-refractivity contribution is 0.00816.